The van der Waals surface area contributed by atoms with Gasteiger partial charge in [-0.1, -0.05) is 6.92 Å². The summed E-state index contributed by atoms with van der Waals surface area (Å²) >= 11 is 0. The molecular formula is C11H20N2O3. The fourth-order valence-corrected chi connectivity index (χ4v) is 1.75. The highest BCUT2D eigenvalue weighted by Crippen LogP contribution is 2.15. The maximum absolute atomic E-state index is 11.8. The molecule has 0 radical (unpaired) electrons. The first-order chi connectivity index (χ1) is 7.60. The fourth-order valence-electron chi connectivity index (χ4n) is 1.75. The number of hydrogen-bond acceptors (Lipinski definition) is 3. The number of ether oxygens (including phenoxy) is 1. The van der Waals surface area contributed by atoms with Gasteiger partial charge in [0, 0.05) is 33.0 Å². The Balaban J connectivity index is 2.51. The Hall–Kier alpha value is -1.26. The molecule has 92 valence electrons. The SMILES string of the molecule is CCCC(=O)OC1CCN(CC)C(=O)N1C. The second-order valence-electron chi connectivity index (χ2n) is 3.96. The fraction of sp³-hybridized carbons (Fsp3) is 0.818. The smallest absolute Gasteiger partial charge is 0.322 e. The van der Waals surface area contributed by atoms with Crippen molar-refractivity contribution >= 4 is 12.0 Å². The van der Waals surface area contributed by atoms with E-state index >= 15 is 0 Å². The van der Waals surface area contributed by atoms with Gasteiger partial charge in [0.2, 0.25) is 0 Å². The second-order valence-corrected chi connectivity index (χ2v) is 3.96. The van der Waals surface area contributed by atoms with Crippen molar-refractivity contribution in [2.75, 3.05) is 20.1 Å². The van der Waals surface area contributed by atoms with Gasteiger partial charge in [0.25, 0.3) is 0 Å². The largest absolute Gasteiger partial charge is 0.441 e. The molecule has 1 fully saturated rings. The van der Waals surface area contributed by atoms with E-state index in [1.54, 1.807) is 11.9 Å². The predicted octanol–water partition coefficient (Wildman–Crippen LogP) is 1.43. The van der Waals surface area contributed by atoms with Gasteiger partial charge in [0.05, 0.1) is 0 Å². The van der Waals surface area contributed by atoms with E-state index in [-0.39, 0.29) is 12.0 Å². The molecule has 0 aromatic rings. The first-order valence-corrected chi connectivity index (χ1v) is 5.81. The van der Waals surface area contributed by atoms with Crippen LogP contribution >= 0.6 is 0 Å². The van der Waals surface area contributed by atoms with Crippen LogP contribution in [0.15, 0.2) is 0 Å². The molecule has 1 unspecified atom stereocenters. The molecule has 5 nitrogen and oxygen atoms in total. The van der Waals surface area contributed by atoms with E-state index < -0.39 is 6.23 Å². The molecule has 1 saturated heterocycles. The molecule has 1 atom stereocenters. The van der Waals surface area contributed by atoms with Crippen molar-refractivity contribution < 1.29 is 14.3 Å². The molecule has 1 heterocycles. The van der Waals surface area contributed by atoms with Gasteiger partial charge >= 0.3 is 12.0 Å². The minimum absolute atomic E-state index is 0.0666. The molecule has 0 bridgehead atoms. The zero-order chi connectivity index (χ0) is 12.1. The third kappa shape index (κ3) is 2.87. The normalized spacial score (nSPS) is 21.2. The zero-order valence-corrected chi connectivity index (χ0v) is 10.2. The third-order valence-electron chi connectivity index (χ3n) is 2.75. The first kappa shape index (κ1) is 12.8. The molecule has 16 heavy (non-hydrogen) atoms. The van der Waals surface area contributed by atoms with Crippen LogP contribution in [0.4, 0.5) is 4.79 Å². The van der Waals surface area contributed by atoms with Gasteiger partial charge < -0.3 is 9.64 Å². The molecule has 2 amide bonds. The van der Waals surface area contributed by atoms with Gasteiger partial charge in [-0.05, 0) is 13.3 Å². The summed E-state index contributed by atoms with van der Waals surface area (Å²) in [4.78, 5) is 26.3. The highest BCUT2D eigenvalue weighted by atomic mass is 16.6. The highest BCUT2D eigenvalue weighted by Gasteiger charge is 2.31. The van der Waals surface area contributed by atoms with Crippen LogP contribution in [-0.2, 0) is 9.53 Å². The number of carbonyl (C=O) groups is 2. The van der Waals surface area contributed by atoms with Gasteiger partial charge in [-0.25, -0.2) is 4.79 Å². The molecule has 1 aliphatic heterocycles. The van der Waals surface area contributed by atoms with Crippen molar-refractivity contribution in [3.05, 3.63) is 0 Å². The quantitative estimate of drug-likeness (QED) is 0.684. The Morgan fingerprint density at radius 3 is 2.75 bits per heavy atom. The molecule has 0 aromatic heterocycles. The minimum Gasteiger partial charge on any atom is -0.441 e. The number of hydrogen-bond donors (Lipinski definition) is 0. The summed E-state index contributed by atoms with van der Waals surface area (Å²) in [7, 11) is 1.67. The van der Waals surface area contributed by atoms with Crippen LogP contribution < -0.4 is 0 Å². The van der Waals surface area contributed by atoms with Crippen LogP contribution in [0.3, 0.4) is 0 Å². The molecule has 1 aliphatic rings. The van der Waals surface area contributed by atoms with Crippen molar-refractivity contribution in [2.45, 2.75) is 39.3 Å². The zero-order valence-electron chi connectivity index (χ0n) is 10.2. The monoisotopic (exact) mass is 228 g/mol. The Bertz CT molecular complexity index is 268. The van der Waals surface area contributed by atoms with E-state index in [1.807, 2.05) is 13.8 Å². The average molecular weight is 228 g/mol. The van der Waals surface area contributed by atoms with E-state index in [9.17, 15) is 9.59 Å². The van der Waals surface area contributed by atoms with E-state index in [0.717, 1.165) is 6.42 Å². The van der Waals surface area contributed by atoms with Crippen LogP contribution in [0.2, 0.25) is 0 Å². The number of rotatable bonds is 4. The van der Waals surface area contributed by atoms with Gasteiger partial charge in [-0.2, -0.15) is 0 Å². The van der Waals surface area contributed by atoms with Gasteiger partial charge in [0.1, 0.15) is 0 Å². The summed E-state index contributed by atoms with van der Waals surface area (Å²) in [5.41, 5.74) is 0. The molecule has 5 heteroatoms. The van der Waals surface area contributed by atoms with Gasteiger partial charge in [-0.15, -0.1) is 0 Å². The summed E-state index contributed by atoms with van der Waals surface area (Å²) in [6.45, 7) is 5.22. The third-order valence-corrected chi connectivity index (χ3v) is 2.75. The maximum atomic E-state index is 11.8. The number of amides is 2. The Morgan fingerprint density at radius 2 is 2.19 bits per heavy atom. The molecule has 1 rings (SSSR count). The average Bonchev–Trinajstić information content (AvgIpc) is 2.25. The first-order valence-electron chi connectivity index (χ1n) is 5.81. The standard InChI is InChI=1S/C11H20N2O3/c1-4-6-10(14)16-9-7-8-13(5-2)11(15)12(9)3/h9H,4-8H2,1-3H3. The van der Waals surface area contributed by atoms with Crippen molar-refractivity contribution in [3.8, 4) is 0 Å². The number of urea groups is 1. The van der Waals surface area contributed by atoms with Crippen molar-refractivity contribution in [2.24, 2.45) is 0 Å². The van der Waals surface area contributed by atoms with Crippen molar-refractivity contribution in [1.29, 1.82) is 0 Å². The molecule has 0 N–H and O–H groups in total. The lowest BCUT2D eigenvalue weighted by atomic mass is 10.2. The van der Waals surface area contributed by atoms with E-state index in [2.05, 4.69) is 0 Å². The lowest BCUT2D eigenvalue weighted by molar-refractivity contribution is -0.158. The summed E-state index contributed by atoms with van der Waals surface area (Å²) in [5, 5.41) is 0. The Labute approximate surface area is 96.3 Å². The van der Waals surface area contributed by atoms with Crippen molar-refractivity contribution in [3.63, 3.8) is 0 Å². The van der Waals surface area contributed by atoms with Crippen LogP contribution in [0.5, 0.6) is 0 Å². The van der Waals surface area contributed by atoms with Crippen LogP contribution in [0.1, 0.15) is 33.1 Å². The van der Waals surface area contributed by atoms with Crippen molar-refractivity contribution in [1.82, 2.24) is 9.80 Å². The summed E-state index contributed by atoms with van der Waals surface area (Å²) in [6, 6.07) is -0.0666. The van der Waals surface area contributed by atoms with E-state index in [4.69, 9.17) is 4.74 Å². The molecule has 0 spiro atoms. The Morgan fingerprint density at radius 1 is 1.50 bits per heavy atom. The second kappa shape index (κ2) is 5.72. The minimum atomic E-state index is -0.394. The molecule has 0 aromatic carbocycles. The Kier molecular flexibility index (Phi) is 4.58. The van der Waals surface area contributed by atoms with Crippen LogP contribution in [-0.4, -0.2) is 48.2 Å². The lowest BCUT2D eigenvalue weighted by Crippen LogP contribution is -2.53. The molecule has 0 aliphatic carbocycles. The van der Waals surface area contributed by atoms with Gasteiger partial charge in [0.15, 0.2) is 6.23 Å². The molecule has 0 saturated carbocycles. The van der Waals surface area contributed by atoms with E-state index in [1.165, 1.54) is 4.90 Å². The number of esters is 1. The summed E-state index contributed by atoms with van der Waals surface area (Å²) in [6.07, 6.45) is 1.47. The number of nitrogens with zero attached hydrogens (tertiary/aromatic N) is 2. The summed E-state index contributed by atoms with van der Waals surface area (Å²) in [5.74, 6) is -0.225. The topological polar surface area (TPSA) is 49.9 Å². The van der Waals surface area contributed by atoms with E-state index in [0.29, 0.717) is 25.9 Å². The van der Waals surface area contributed by atoms with Crippen LogP contribution in [0.25, 0.3) is 0 Å². The number of carbonyl (C=O) groups excluding carboxylic acids is 2. The summed E-state index contributed by atoms with van der Waals surface area (Å²) < 4.78 is 5.25. The predicted molar refractivity (Wildman–Crippen MR) is 59.8 cm³/mol. The highest BCUT2D eigenvalue weighted by molar-refractivity contribution is 5.76. The maximum Gasteiger partial charge on any atom is 0.322 e. The van der Waals surface area contributed by atoms with Gasteiger partial charge in [-0.3, -0.25) is 9.69 Å². The lowest BCUT2D eigenvalue weighted by Gasteiger charge is -2.38. The van der Waals surface area contributed by atoms with Crippen LogP contribution in [0, 0.1) is 0 Å². The molecular weight excluding hydrogens is 208 g/mol.